The lowest BCUT2D eigenvalue weighted by Crippen LogP contribution is -2.26. The Bertz CT molecular complexity index is 1200. The van der Waals surface area contributed by atoms with Crippen LogP contribution in [0.15, 0.2) is 63.5 Å². The van der Waals surface area contributed by atoms with Crippen LogP contribution < -0.4 is 5.32 Å². The predicted octanol–water partition coefficient (Wildman–Crippen LogP) is 4.79. The fraction of sp³-hybridized carbons (Fsp3) is 0.182. The van der Waals surface area contributed by atoms with Crippen molar-refractivity contribution in [1.82, 2.24) is 25.3 Å². The number of aromatic nitrogens is 4. The zero-order valence-electron chi connectivity index (χ0n) is 16.8. The van der Waals surface area contributed by atoms with Crippen molar-refractivity contribution in [2.75, 3.05) is 0 Å². The maximum absolute atomic E-state index is 12.8. The topological polar surface area (TPSA) is 85.8 Å². The molecule has 8 heteroatoms. The smallest absolute Gasteiger partial charge is 0.268 e. The minimum absolute atomic E-state index is 0.118. The molecule has 2 aromatic heterocycles. The minimum atomic E-state index is -0.148. The first kappa shape index (κ1) is 20.0. The number of carbonyl (C=O) groups is 1. The van der Waals surface area contributed by atoms with Crippen LogP contribution in [0, 0.1) is 13.8 Å². The highest BCUT2D eigenvalue weighted by molar-refractivity contribution is 9.10. The van der Waals surface area contributed by atoms with Gasteiger partial charge in [0.15, 0.2) is 0 Å². The van der Waals surface area contributed by atoms with Gasteiger partial charge in [0.25, 0.3) is 11.8 Å². The number of rotatable bonds is 5. The molecule has 1 unspecified atom stereocenters. The molecule has 1 N–H and O–H groups in total. The maximum atomic E-state index is 12.8. The molecule has 2 aromatic carbocycles. The highest BCUT2D eigenvalue weighted by Crippen LogP contribution is 2.21. The molecular formula is C22H20BrN5O2. The van der Waals surface area contributed by atoms with Gasteiger partial charge >= 0.3 is 0 Å². The summed E-state index contributed by atoms with van der Waals surface area (Å²) in [6.07, 6.45) is 0. The molecule has 0 aliphatic rings. The van der Waals surface area contributed by atoms with Gasteiger partial charge in [0.05, 0.1) is 11.7 Å². The van der Waals surface area contributed by atoms with E-state index in [4.69, 9.17) is 4.42 Å². The molecule has 4 aromatic rings. The van der Waals surface area contributed by atoms with Crippen LogP contribution in [0.4, 0.5) is 0 Å². The number of aryl methyl sites for hydroxylation is 2. The van der Waals surface area contributed by atoms with E-state index in [0.717, 1.165) is 21.4 Å². The van der Waals surface area contributed by atoms with Gasteiger partial charge in [-0.3, -0.25) is 4.79 Å². The number of nitrogens with one attached hydrogen (secondary N) is 1. The number of hydrogen-bond acceptors (Lipinski definition) is 5. The van der Waals surface area contributed by atoms with E-state index in [9.17, 15) is 4.79 Å². The van der Waals surface area contributed by atoms with Crippen LogP contribution in [-0.2, 0) is 0 Å². The van der Waals surface area contributed by atoms with E-state index in [0.29, 0.717) is 23.0 Å². The molecule has 1 amide bonds. The van der Waals surface area contributed by atoms with E-state index < -0.39 is 0 Å². The fourth-order valence-corrected chi connectivity index (χ4v) is 3.40. The zero-order chi connectivity index (χ0) is 21.3. The third kappa shape index (κ3) is 4.18. The van der Waals surface area contributed by atoms with Gasteiger partial charge in [-0.25, -0.2) is 4.68 Å². The highest BCUT2D eigenvalue weighted by atomic mass is 79.9. The highest BCUT2D eigenvalue weighted by Gasteiger charge is 2.16. The Hall–Kier alpha value is -3.26. The van der Waals surface area contributed by atoms with Crippen LogP contribution in [0.2, 0.25) is 0 Å². The molecule has 30 heavy (non-hydrogen) atoms. The number of nitrogens with zero attached hydrogens (tertiary/aromatic N) is 4. The molecule has 0 radical (unpaired) electrons. The van der Waals surface area contributed by atoms with Crippen molar-refractivity contribution in [3.63, 3.8) is 0 Å². The van der Waals surface area contributed by atoms with Gasteiger partial charge in [0, 0.05) is 22.7 Å². The second-order valence-electron chi connectivity index (χ2n) is 7.01. The van der Waals surface area contributed by atoms with Crippen LogP contribution in [0.3, 0.4) is 0 Å². The summed E-state index contributed by atoms with van der Waals surface area (Å²) in [6, 6.07) is 17.0. The van der Waals surface area contributed by atoms with Crippen LogP contribution >= 0.6 is 15.9 Å². The summed E-state index contributed by atoms with van der Waals surface area (Å²) in [5, 5.41) is 15.5. The second kappa shape index (κ2) is 8.23. The third-order valence-electron chi connectivity index (χ3n) is 4.70. The van der Waals surface area contributed by atoms with Crippen molar-refractivity contribution >= 4 is 21.8 Å². The van der Waals surface area contributed by atoms with Gasteiger partial charge in [-0.1, -0.05) is 34.1 Å². The van der Waals surface area contributed by atoms with Gasteiger partial charge in [-0.05, 0) is 55.8 Å². The Morgan fingerprint density at radius 1 is 1.10 bits per heavy atom. The molecule has 0 fully saturated rings. The quantitative estimate of drug-likeness (QED) is 0.457. The Kier molecular flexibility index (Phi) is 5.50. The molecule has 0 saturated heterocycles. The summed E-state index contributed by atoms with van der Waals surface area (Å²) in [5.41, 5.74) is 3.85. The van der Waals surface area contributed by atoms with Gasteiger partial charge in [-0.2, -0.15) is 5.10 Å². The molecule has 0 spiro atoms. The van der Waals surface area contributed by atoms with Gasteiger partial charge in [0.1, 0.15) is 5.69 Å². The average Bonchev–Trinajstić information content (AvgIpc) is 3.34. The van der Waals surface area contributed by atoms with E-state index in [-0.39, 0.29) is 11.9 Å². The van der Waals surface area contributed by atoms with E-state index in [1.807, 2.05) is 62.4 Å². The largest absolute Gasteiger partial charge is 0.420 e. The number of carbonyl (C=O) groups excluding carboxylic acids is 1. The molecule has 2 heterocycles. The summed E-state index contributed by atoms with van der Waals surface area (Å²) in [4.78, 5) is 12.8. The van der Waals surface area contributed by atoms with E-state index in [1.54, 1.807) is 17.7 Å². The van der Waals surface area contributed by atoms with Gasteiger partial charge < -0.3 is 9.73 Å². The van der Waals surface area contributed by atoms with Gasteiger partial charge in [0.2, 0.25) is 5.89 Å². The fourth-order valence-electron chi connectivity index (χ4n) is 3.13. The first-order valence-corrected chi connectivity index (χ1v) is 10.2. The lowest BCUT2D eigenvalue weighted by Gasteiger charge is -2.15. The van der Waals surface area contributed by atoms with Gasteiger partial charge in [-0.15, -0.1) is 10.2 Å². The van der Waals surface area contributed by atoms with Crippen LogP contribution in [0.1, 0.15) is 40.5 Å². The Morgan fingerprint density at radius 3 is 2.57 bits per heavy atom. The third-order valence-corrected chi connectivity index (χ3v) is 5.23. The molecular weight excluding hydrogens is 446 g/mol. The average molecular weight is 466 g/mol. The molecule has 0 bridgehead atoms. The number of halogens is 1. The molecule has 1 atom stereocenters. The molecule has 0 aliphatic carbocycles. The van der Waals surface area contributed by atoms with Crippen molar-refractivity contribution < 1.29 is 9.21 Å². The summed E-state index contributed by atoms with van der Waals surface area (Å²) in [6.45, 7) is 5.63. The summed E-state index contributed by atoms with van der Waals surface area (Å²) in [5.74, 6) is 0.701. The Morgan fingerprint density at radius 2 is 1.87 bits per heavy atom. The summed E-state index contributed by atoms with van der Waals surface area (Å²) in [7, 11) is 0. The van der Waals surface area contributed by atoms with Crippen molar-refractivity contribution in [2.24, 2.45) is 0 Å². The van der Waals surface area contributed by atoms with Crippen molar-refractivity contribution in [3.05, 3.63) is 81.8 Å². The minimum Gasteiger partial charge on any atom is -0.420 e. The lowest BCUT2D eigenvalue weighted by molar-refractivity contribution is 0.0940. The molecule has 0 aliphatic heterocycles. The standard InChI is InChI=1S/C22H20BrN5O2/c1-13-11-20(22-26-25-15(3)30-22)27-28(13)19-6-4-5-17(12-19)21(29)24-14(2)16-7-9-18(23)10-8-16/h4-12,14H,1-3H3,(H,24,29). The van der Waals surface area contributed by atoms with Crippen LogP contribution in [0.25, 0.3) is 17.3 Å². The maximum Gasteiger partial charge on any atom is 0.268 e. The summed E-state index contributed by atoms with van der Waals surface area (Å²) >= 11 is 3.43. The number of benzene rings is 2. The lowest BCUT2D eigenvalue weighted by atomic mass is 10.1. The SMILES string of the molecule is Cc1nnc(-c2cc(C)n(-c3cccc(C(=O)NC(C)c4ccc(Br)cc4)c3)n2)o1. The van der Waals surface area contributed by atoms with Crippen molar-refractivity contribution in [2.45, 2.75) is 26.8 Å². The molecule has 4 rings (SSSR count). The molecule has 152 valence electrons. The van der Waals surface area contributed by atoms with E-state index >= 15 is 0 Å². The zero-order valence-corrected chi connectivity index (χ0v) is 18.3. The monoisotopic (exact) mass is 465 g/mol. The molecule has 7 nitrogen and oxygen atoms in total. The van der Waals surface area contributed by atoms with Crippen LogP contribution in [0.5, 0.6) is 0 Å². The second-order valence-corrected chi connectivity index (χ2v) is 7.92. The normalized spacial score (nSPS) is 12.0. The van der Waals surface area contributed by atoms with Crippen molar-refractivity contribution in [3.8, 4) is 17.3 Å². The number of amides is 1. The van der Waals surface area contributed by atoms with E-state index in [1.165, 1.54) is 0 Å². The van der Waals surface area contributed by atoms with E-state index in [2.05, 4.69) is 36.5 Å². The first-order chi connectivity index (χ1) is 14.4. The number of hydrogen-bond donors (Lipinski definition) is 1. The van der Waals surface area contributed by atoms with Crippen molar-refractivity contribution in [1.29, 1.82) is 0 Å². The van der Waals surface area contributed by atoms with Crippen LogP contribution in [-0.4, -0.2) is 25.9 Å². The summed E-state index contributed by atoms with van der Waals surface area (Å²) < 4.78 is 8.22. The predicted molar refractivity (Wildman–Crippen MR) is 116 cm³/mol. The first-order valence-electron chi connectivity index (χ1n) is 9.44. The molecule has 0 saturated carbocycles. The Balaban J connectivity index is 1.56. The Labute approximate surface area is 182 Å².